The highest BCUT2D eigenvalue weighted by Gasteiger charge is 2.38. The van der Waals surface area contributed by atoms with Crippen LogP contribution in [0.5, 0.6) is 0 Å². The van der Waals surface area contributed by atoms with E-state index in [9.17, 15) is 9.18 Å². The highest BCUT2D eigenvalue weighted by Crippen LogP contribution is 2.45. The number of aryl methyl sites for hydroxylation is 3. The summed E-state index contributed by atoms with van der Waals surface area (Å²) in [6, 6.07) is 6.81. The number of thioether (sulfide) groups is 1. The highest BCUT2D eigenvalue weighted by atomic mass is 35.5. The lowest BCUT2D eigenvalue weighted by atomic mass is 10.1. The van der Waals surface area contributed by atoms with Crippen LogP contribution in [0.25, 0.3) is 0 Å². The van der Waals surface area contributed by atoms with Crippen molar-refractivity contribution in [3.8, 4) is 0 Å². The van der Waals surface area contributed by atoms with Gasteiger partial charge in [-0.1, -0.05) is 17.7 Å². The lowest BCUT2D eigenvalue weighted by Gasteiger charge is -2.25. The molecular formula is C17H16ClFN2OS. The highest BCUT2D eigenvalue weighted by molar-refractivity contribution is 8.00. The van der Waals surface area contributed by atoms with Crippen molar-refractivity contribution in [2.75, 3.05) is 10.7 Å². The Morgan fingerprint density at radius 1 is 1.30 bits per heavy atom. The second-order valence-electron chi connectivity index (χ2n) is 5.66. The van der Waals surface area contributed by atoms with E-state index in [1.54, 1.807) is 11.0 Å². The number of aromatic nitrogens is 1. The van der Waals surface area contributed by atoms with Gasteiger partial charge in [0.1, 0.15) is 17.0 Å². The molecule has 2 aromatic rings. The number of halogens is 2. The second-order valence-corrected chi connectivity index (χ2v) is 7.11. The zero-order valence-electron chi connectivity index (χ0n) is 13.1. The molecular weight excluding hydrogens is 335 g/mol. The molecule has 6 heteroatoms. The van der Waals surface area contributed by atoms with Gasteiger partial charge in [0, 0.05) is 11.3 Å². The number of carbonyl (C=O) groups is 1. The van der Waals surface area contributed by atoms with Gasteiger partial charge >= 0.3 is 0 Å². The van der Waals surface area contributed by atoms with Gasteiger partial charge in [-0.2, -0.15) is 0 Å². The van der Waals surface area contributed by atoms with Crippen molar-refractivity contribution in [1.29, 1.82) is 0 Å². The second kappa shape index (κ2) is 6.13. The van der Waals surface area contributed by atoms with Crippen LogP contribution in [0.1, 0.15) is 27.8 Å². The van der Waals surface area contributed by atoms with E-state index in [-0.39, 0.29) is 11.7 Å². The molecule has 0 bridgehead atoms. The van der Waals surface area contributed by atoms with Crippen molar-refractivity contribution in [3.63, 3.8) is 0 Å². The van der Waals surface area contributed by atoms with Crippen molar-refractivity contribution in [3.05, 3.63) is 57.5 Å². The number of nitrogens with zero attached hydrogens (tertiary/aromatic N) is 2. The summed E-state index contributed by atoms with van der Waals surface area (Å²) in [6.45, 7) is 5.65. The Bertz CT molecular complexity index is 776. The Hall–Kier alpha value is -1.59. The lowest BCUT2D eigenvalue weighted by molar-refractivity contribution is -0.115. The third-order valence-electron chi connectivity index (χ3n) is 3.77. The van der Waals surface area contributed by atoms with Gasteiger partial charge in [-0.25, -0.2) is 9.37 Å². The van der Waals surface area contributed by atoms with Crippen LogP contribution < -0.4 is 4.90 Å². The Balaban J connectivity index is 2.13. The first-order valence-electron chi connectivity index (χ1n) is 7.22. The molecule has 3 rings (SSSR count). The summed E-state index contributed by atoms with van der Waals surface area (Å²) in [7, 11) is 0. The molecule has 0 radical (unpaired) electrons. The number of carbonyl (C=O) groups excluding carboxylic acids is 1. The summed E-state index contributed by atoms with van der Waals surface area (Å²) in [5.41, 5.74) is 2.96. The first-order valence-corrected chi connectivity index (χ1v) is 8.64. The molecule has 1 saturated heterocycles. The summed E-state index contributed by atoms with van der Waals surface area (Å²) in [5, 5.41) is -0.129. The van der Waals surface area contributed by atoms with Gasteiger partial charge in [0.05, 0.1) is 10.8 Å². The van der Waals surface area contributed by atoms with Crippen molar-refractivity contribution in [2.24, 2.45) is 0 Å². The topological polar surface area (TPSA) is 33.2 Å². The molecule has 0 spiro atoms. The van der Waals surface area contributed by atoms with Crippen molar-refractivity contribution >= 4 is 35.1 Å². The third kappa shape index (κ3) is 2.95. The average Bonchev–Trinajstić information content (AvgIpc) is 2.84. The smallest absolute Gasteiger partial charge is 0.239 e. The molecule has 1 aliphatic heterocycles. The molecule has 1 atom stereocenters. The van der Waals surface area contributed by atoms with Crippen LogP contribution in [0, 0.1) is 26.6 Å². The quantitative estimate of drug-likeness (QED) is 0.795. The van der Waals surface area contributed by atoms with Crippen molar-refractivity contribution in [2.45, 2.75) is 26.1 Å². The molecule has 2 heterocycles. The Morgan fingerprint density at radius 3 is 2.74 bits per heavy atom. The first kappa shape index (κ1) is 16.3. The van der Waals surface area contributed by atoms with E-state index < -0.39 is 11.2 Å². The molecule has 0 N–H and O–H groups in total. The van der Waals surface area contributed by atoms with E-state index in [1.807, 2.05) is 32.9 Å². The van der Waals surface area contributed by atoms with Crippen LogP contribution in [0.2, 0.25) is 5.02 Å². The molecule has 1 aliphatic rings. The number of amides is 1. The monoisotopic (exact) mass is 350 g/mol. The maximum Gasteiger partial charge on any atom is 0.239 e. The maximum atomic E-state index is 14.4. The zero-order chi connectivity index (χ0) is 16.7. The summed E-state index contributed by atoms with van der Waals surface area (Å²) in [4.78, 5) is 18.4. The number of anilines is 1. The number of hydrogen-bond donors (Lipinski definition) is 0. The zero-order valence-corrected chi connectivity index (χ0v) is 14.6. The van der Waals surface area contributed by atoms with Gasteiger partial charge in [-0.05, 0) is 50.1 Å². The molecule has 1 amide bonds. The van der Waals surface area contributed by atoms with Gasteiger partial charge in [0.15, 0.2) is 0 Å². The van der Waals surface area contributed by atoms with Crippen molar-refractivity contribution in [1.82, 2.24) is 4.98 Å². The number of pyridine rings is 1. The fourth-order valence-electron chi connectivity index (χ4n) is 2.73. The largest absolute Gasteiger partial charge is 0.279 e. The van der Waals surface area contributed by atoms with Crippen LogP contribution in [0.3, 0.4) is 0 Å². The molecule has 23 heavy (non-hydrogen) atoms. The average molecular weight is 351 g/mol. The SMILES string of the molecule is Cc1cc(C)nc(N2C(=O)CSC2c2c(F)ccc(C)c2Cl)c1. The predicted molar refractivity (Wildman–Crippen MR) is 92.5 cm³/mol. The van der Waals surface area contributed by atoms with Gasteiger partial charge in [0.25, 0.3) is 0 Å². The molecule has 1 unspecified atom stereocenters. The van der Waals surface area contributed by atoms with Crippen LogP contribution in [0.15, 0.2) is 24.3 Å². The molecule has 0 aliphatic carbocycles. The Morgan fingerprint density at radius 2 is 2.04 bits per heavy atom. The molecule has 0 saturated carbocycles. The van der Waals surface area contributed by atoms with E-state index in [4.69, 9.17) is 11.6 Å². The van der Waals surface area contributed by atoms with E-state index in [0.717, 1.165) is 16.8 Å². The minimum Gasteiger partial charge on any atom is -0.279 e. The Labute approximate surface area is 143 Å². The van der Waals surface area contributed by atoms with Crippen LogP contribution in [-0.4, -0.2) is 16.6 Å². The molecule has 1 fully saturated rings. The summed E-state index contributed by atoms with van der Waals surface area (Å²) >= 11 is 7.70. The van der Waals surface area contributed by atoms with Crippen LogP contribution in [-0.2, 0) is 4.79 Å². The number of benzene rings is 1. The number of hydrogen-bond acceptors (Lipinski definition) is 3. The molecule has 3 nitrogen and oxygen atoms in total. The predicted octanol–water partition coefficient (Wildman–Crippen LogP) is 4.58. The minimum atomic E-state index is -0.497. The van der Waals surface area contributed by atoms with E-state index >= 15 is 0 Å². The van der Waals surface area contributed by atoms with Gasteiger partial charge in [0.2, 0.25) is 5.91 Å². The minimum absolute atomic E-state index is 0.0885. The van der Waals surface area contributed by atoms with E-state index in [0.29, 0.717) is 16.4 Å². The van der Waals surface area contributed by atoms with Gasteiger partial charge in [-0.15, -0.1) is 11.8 Å². The molecule has 1 aromatic heterocycles. The van der Waals surface area contributed by atoms with Crippen LogP contribution >= 0.6 is 23.4 Å². The van der Waals surface area contributed by atoms with E-state index in [1.165, 1.54) is 17.8 Å². The molecule has 120 valence electrons. The Kier molecular flexibility index (Phi) is 4.34. The fraction of sp³-hybridized carbons (Fsp3) is 0.294. The third-order valence-corrected chi connectivity index (χ3v) is 5.44. The fourth-order valence-corrected chi connectivity index (χ4v) is 4.27. The molecule has 1 aromatic carbocycles. The van der Waals surface area contributed by atoms with E-state index in [2.05, 4.69) is 4.98 Å². The first-order chi connectivity index (χ1) is 10.9. The standard InChI is InChI=1S/C17H16ClFN2OS/c1-9-6-11(3)20-13(7-9)21-14(22)8-23-17(21)15-12(19)5-4-10(2)16(15)18/h4-7,17H,8H2,1-3H3. The summed E-state index contributed by atoms with van der Waals surface area (Å²) < 4.78 is 14.4. The van der Waals surface area contributed by atoms with Gasteiger partial charge < -0.3 is 0 Å². The van der Waals surface area contributed by atoms with Gasteiger partial charge in [-0.3, -0.25) is 9.69 Å². The summed E-state index contributed by atoms with van der Waals surface area (Å²) in [5.74, 6) is 0.333. The van der Waals surface area contributed by atoms with Crippen molar-refractivity contribution < 1.29 is 9.18 Å². The normalized spacial score (nSPS) is 17.9. The lowest BCUT2D eigenvalue weighted by Crippen LogP contribution is -2.29. The maximum absolute atomic E-state index is 14.4. The summed E-state index contributed by atoms with van der Waals surface area (Å²) in [6.07, 6.45) is 0. The van der Waals surface area contributed by atoms with Crippen LogP contribution in [0.4, 0.5) is 10.2 Å². The number of rotatable bonds is 2.